The van der Waals surface area contributed by atoms with Crippen LogP contribution < -0.4 is 0 Å². The molecule has 2 aromatic carbocycles. The van der Waals surface area contributed by atoms with Gasteiger partial charge < -0.3 is 0 Å². The molecule has 1 radical (unpaired) electrons. The van der Waals surface area contributed by atoms with Gasteiger partial charge in [-0.25, -0.2) is 0 Å². The van der Waals surface area contributed by atoms with E-state index in [0.717, 1.165) is 0 Å². The lowest BCUT2D eigenvalue weighted by atomic mass is 9.88. The van der Waals surface area contributed by atoms with Crippen molar-refractivity contribution in [3.63, 3.8) is 0 Å². The molecule has 0 fully saturated rings. The summed E-state index contributed by atoms with van der Waals surface area (Å²) in [6, 6.07) is 12.2. The van der Waals surface area contributed by atoms with Gasteiger partial charge in [-0.2, -0.15) is 0 Å². The first-order valence-corrected chi connectivity index (χ1v) is 6.06. The van der Waals surface area contributed by atoms with Gasteiger partial charge in [0.2, 0.25) is 0 Å². The molecule has 0 aliphatic carbocycles. The van der Waals surface area contributed by atoms with Gasteiger partial charge in [0.1, 0.15) is 0 Å². The number of benzene rings is 2. The van der Waals surface area contributed by atoms with E-state index < -0.39 is 0 Å². The van der Waals surface area contributed by atoms with Crippen LogP contribution >= 0.6 is 0 Å². The number of rotatable bonds is 2. The molecule has 0 saturated heterocycles. The number of hydrogen-bond donors (Lipinski definition) is 0. The van der Waals surface area contributed by atoms with Gasteiger partial charge in [0.05, 0.1) is 0 Å². The van der Waals surface area contributed by atoms with Crippen LogP contribution in [0.15, 0.2) is 24.3 Å². The Kier molecular flexibility index (Phi) is 3.00. The highest BCUT2D eigenvalue weighted by molar-refractivity contribution is 5.89. The van der Waals surface area contributed by atoms with Crippen molar-refractivity contribution in [2.24, 2.45) is 0 Å². The quantitative estimate of drug-likeness (QED) is 0.671. The molecule has 0 spiro atoms. The molecule has 0 N–H and O–H groups in total. The smallest absolute Gasteiger partial charge is 0.0105 e. The predicted octanol–water partition coefficient (Wildman–Crippen LogP) is 4.77. The van der Waals surface area contributed by atoms with Crippen LogP contribution in [0.3, 0.4) is 0 Å². The molecule has 0 aromatic heterocycles. The van der Waals surface area contributed by atoms with Crippen molar-refractivity contribution in [1.82, 2.24) is 0 Å². The summed E-state index contributed by atoms with van der Waals surface area (Å²) in [7, 11) is 0. The normalized spacial score (nSPS) is 13.0. The third kappa shape index (κ3) is 1.73. The van der Waals surface area contributed by atoms with Gasteiger partial charge in [-0.1, -0.05) is 38.1 Å². The summed E-state index contributed by atoms with van der Waals surface area (Å²) in [6.07, 6.45) is 1.18. The summed E-state index contributed by atoms with van der Waals surface area (Å²) in [6.45, 7) is 8.91. The maximum Gasteiger partial charge on any atom is -0.0105 e. The first-order valence-electron chi connectivity index (χ1n) is 6.06. The fourth-order valence-electron chi connectivity index (χ4n) is 2.34. The molecule has 0 bridgehead atoms. The van der Waals surface area contributed by atoms with Gasteiger partial charge in [-0.15, -0.1) is 0 Å². The van der Waals surface area contributed by atoms with E-state index in [2.05, 4.69) is 58.0 Å². The molecule has 2 rings (SSSR count). The maximum atomic E-state index is 3.57. The Balaban J connectivity index is 2.75. The molecule has 1 unspecified atom stereocenters. The molecular formula is C16H19. The van der Waals surface area contributed by atoms with Crippen molar-refractivity contribution in [3.05, 3.63) is 47.0 Å². The van der Waals surface area contributed by atoms with Crippen LogP contribution in [-0.2, 0) is 0 Å². The molecule has 0 amide bonds. The second kappa shape index (κ2) is 4.29. The lowest BCUT2D eigenvalue weighted by molar-refractivity contribution is 0.728. The Labute approximate surface area is 98.3 Å². The van der Waals surface area contributed by atoms with Gasteiger partial charge in [-0.05, 0) is 59.7 Å². The van der Waals surface area contributed by atoms with E-state index in [9.17, 15) is 0 Å². The number of fused-ring (bicyclic) bond motifs is 1. The highest BCUT2D eigenvalue weighted by Crippen LogP contribution is 2.30. The molecule has 0 aliphatic rings. The monoisotopic (exact) mass is 211 g/mol. The molecule has 0 aliphatic heterocycles. The SMILES string of the molecule is CCC(C)c1[c]c(C)c2ccccc2c1C. The Bertz CT molecular complexity index is 509. The summed E-state index contributed by atoms with van der Waals surface area (Å²) in [4.78, 5) is 0. The summed E-state index contributed by atoms with van der Waals surface area (Å²) in [5.74, 6) is 0.600. The lowest BCUT2D eigenvalue weighted by Crippen LogP contribution is -1.98. The molecule has 0 heteroatoms. The van der Waals surface area contributed by atoms with Crippen LogP contribution in [0, 0.1) is 19.9 Å². The molecule has 16 heavy (non-hydrogen) atoms. The zero-order valence-corrected chi connectivity index (χ0v) is 10.6. The summed E-state index contributed by atoms with van der Waals surface area (Å²) >= 11 is 0. The van der Waals surface area contributed by atoms with Crippen molar-refractivity contribution in [2.75, 3.05) is 0 Å². The highest BCUT2D eigenvalue weighted by atomic mass is 14.1. The summed E-state index contributed by atoms with van der Waals surface area (Å²) < 4.78 is 0. The highest BCUT2D eigenvalue weighted by Gasteiger charge is 2.11. The Morgan fingerprint density at radius 2 is 1.75 bits per heavy atom. The van der Waals surface area contributed by atoms with E-state index in [1.807, 2.05) is 0 Å². The van der Waals surface area contributed by atoms with E-state index in [1.165, 1.54) is 33.9 Å². The zero-order chi connectivity index (χ0) is 11.7. The second-order valence-corrected chi connectivity index (χ2v) is 4.64. The van der Waals surface area contributed by atoms with Gasteiger partial charge in [0.15, 0.2) is 0 Å². The van der Waals surface area contributed by atoms with Crippen LogP contribution in [0.4, 0.5) is 0 Å². The van der Waals surface area contributed by atoms with Gasteiger partial charge in [0.25, 0.3) is 0 Å². The first kappa shape index (κ1) is 11.2. The average molecular weight is 211 g/mol. The Hall–Kier alpha value is -1.30. The minimum atomic E-state index is 0.600. The van der Waals surface area contributed by atoms with Gasteiger partial charge in [-0.3, -0.25) is 0 Å². The van der Waals surface area contributed by atoms with Crippen molar-refractivity contribution < 1.29 is 0 Å². The third-order valence-corrected chi connectivity index (χ3v) is 3.57. The third-order valence-electron chi connectivity index (χ3n) is 3.57. The van der Waals surface area contributed by atoms with Crippen molar-refractivity contribution in [3.8, 4) is 0 Å². The van der Waals surface area contributed by atoms with Crippen molar-refractivity contribution in [2.45, 2.75) is 40.0 Å². The maximum absolute atomic E-state index is 3.57. The van der Waals surface area contributed by atoms with E-state index in [-0.39, 0.29) is 0 Å². The van der Waals surface area contributed by atoms with Crippen molar-refractivity contribution in [1.29, 1.82) is 0 Å². The lowest BCUT2D eigenvalue weighted by Gasteiger charge is -2.16. The van der Waals surface area contributed by atoms with Crippen LogP contribution in [0.25, 0.3) is 10.8 Å². The Morgan fingerprint density at radius 3 is 2.38 bits per heavy atom. The fourth-order valence-corrected chi connectivity index (χ4v) is 2.34. The van der Waals surface area contributed by atoms with E-state index in [1.54, 1.807) is 0 Å². The fraction of sp³-hybridized carbons (Fsp3) is 0.375. The summed E-state index contributed by atoms with van der Waals surface area (Å²) in [5, 5.41) is 2.72. The minimum Gasteiger partial charge on any atom is -0.0648 e. The van der Waals surface area contributed by atoms with Gasteiger partial charge >= 0.3 is 0 Å². The van der Waals surface area contributed by atoms with Crippen molar-refractivity contribution >= 4 is 10.8 Å². The summed E-state index contributed by atoms with van der Waals surface area (Å²) in [5.41, 5.74) is 4.06. The molecular weight excluding hydrogens is 192 g/mol. The van der Waals surface area contributed by atoms with E-state index in [4.69, 9.17) is 0 Å². The van der Waals surface area contributed by atoms with E-state index >= 15 is 0 Å². The topological polar surface area (TPSA) is 0 Å². The van der Waals surface area contributed by atoms with Crippen LogP contribution in [-0.4, -0.2) is 0 Å². The average Bonchev–Trinajstić information content (AvgIpc) is 2.33. The van der Waals surface area contributed by atoms with Crippen LogP contribution in [0.1, 0.15) is 42.9 Å². The number of hydrogen-bond acceptors (Lipinski definition) is 0. The molecule has 2 aromatic rings. The first-order chi connectivity index (χ1) is 7.65. The van der Waals surface area contributed by atoms with Crippen LogP contribution in [0.5, 0.6) is 0 Å². The molecule has 0 heterocycles. The molecule has 1 atom stereocenters. The molecule has 0 saturated carbocycles. The zero-order valence-electron chi connectivity index (χ0n) is 10.6. The second-order valence-electron chi connectivity index (χ2n) is 4.64. The predicted molar refractivity (Wildman–Crippen MR) is 71.0 cm³/mol. The largest absolute Gasteiger partial charge is 0.0648 e. The number of aryl methyl sites for hydroxylation is 2. The molecule has 83 valence electrons. The standard InChI is InChI=1S/C16H19/c1-5-11(2)16-10-12(3)14-8-6-7-9-15(14)13(16)4/h6-9,11H,5H2,1-4H3. The Morgan fingerprint density at radius 1 is 1.12 bits per heavy atom. The molecule has 0 nitrogen and oxygen atoms in total. The van der Waals surface area contributed by atoms with Gasteiger partial charge in [0, 0.05) is 0 Å². The van der Waals surface area contributed by atoms with E-state index in [0.29, 0.717) is 5.92 Å². The van der Waals surface area contributed by atoms with Crippen LogP contribution in [0.2, 0.25) is 0 Å². The minimum absolute atomic E-state index is 0.600.